The molecule has 31 heavy (non-hydrogen) atoms. The van der Waals surface area contributed by atoms with Crippen LogP contribution in [0.5, 0.6) is 11.5 Å². The fourth-order valence-corrected chi connectivity index (χ4v) is 7.15. The molecule has 1 aromatic rings. The normalized spacial score (nSPS) is 35.6. The molecule has 0 radical (unpaired) electrons. The summed E-state index contributed by atoms with van der Waals surface area (Å²) in [5, 5.41) is 10.7. The Bertz CT molecular complexity index is 950. The van der Waals surface area contributed by atoms with E-state index in [0.717, 1.165) is 25.7 Å². The number of rotatable bonds is 3. The van der Waals surface area contributed by atoms with Crippen LogP contribution in [0.25, 0.3) is 0 Å². The zero-order valence-corrected chi connectivity index (χ0v) is 19.0. The number of carbonyl (C=O) groups excluding carboxylic acids is 3. The highest BCUT2D eigenvalue weighted by molar-refractivity contribution is 5.95. The summed E-state index contributed by atoms with van der Waals surface area (Å²) in [4.78, 5) is 35.1. The van der Waals surface area contributed by atoms with Gasteiger partial charge in [0.1, 0.15) is 23.2 Å². The van der Waals surface area contributed by atoms with E-state index in [2.05, 4.69) is 27.7 Å². The number of carbonyl (C=O) groups is 3. The van der Waals surface area contributed by atoms with Crippen molar-refractivity contribution in [2.24, 2.45) is 22.7 Å². The molecule has 1 spiro atoms. The highest BCUT2D eigenvalue weighted by Crippen LogP contribution is 2.67. The SMILES string of the molecule is CC(=O)O[C@@H]1CC[C@@]2(C)[C@@H](CC[C@@H](C)[C@]23Cc2c(O)cc(C=O)c(C=O)c2O3)C1(C)C. The van der Waals surface area contributed by atoms with Gasteiger partial charge in [-0.05, 0) is 43.6 Å². The van der Waals surface area contributed by atoms with Crippen molar-refractivity contribution in [3.63, 3.8) is 0 Å². The summed E-state index contributed by atoms with van der Waals surface area (Å²) in [6.45, 7) is 10.2. The van der Waals surface area contributed by atoms with Crippen molar-refractivity contribution < 1.29 is 29.0 Å². The topological polar surface area (TPSA) is 89.9 Å². The number of ether oxygens (including phenoxy) is 2. The molecule has 3 aliphatic rings. The zero-order chi connectivity index (χ0) is 22.8. The van der Waals surface area contributed by atoms with E-state index >= 15 is 0 Å². The maximum atomic E-state index is 11.9. The van der Waals surface area contributed by atoms with Crippen molar-refractivity contribution in [1.29, 1.82) is 0 Å². The largest absolute Gasteiger partial charge is 0.508 e. The Balaban J connectivity index is 1.82. The molecule has 5 atom stereocenters. The Morgan fingerprint density at radius 2 is 1.90 bits per heavy atom. The lowest BCUT2D eigenvalue weighted by atomic mass is 9.43. The average Bonchev–Trinajstić information content (AvgIpc) is 3.11. The Hall–Kier alpha value is -2.37. The molecular formula is C25H32O6. The number of aromatic hydroxyl groups is 1. The minimum atomic E-state index is -0.604. The first-order valence-corrected chi connectivity index (χ1v) is 11.2. The maximum absolute atomic E-state index is 11.9. The Kier molecular flexibility index (Phi) is 4.99. The molecule has 2 saturated carbocycles. The van der Waals surface area contributed by atoms with Gasteiger partial charge in [0.25, 0.3) is 0 Å². The van der Waals surface area contributed by atoms with Gasteiger partial charge in [-0.25, -0.2) is 0 Å². The van der Waals surface area contributed by atoms with Gasteiger partial charge in [-0.15, -0.1) is 0 Å². The summed E-state index contributed by atoms with van der Waals surface area (Å²) in [5.74, 6) is 0.528. The van der Waals surface area contributed by atoms with Crippen molar-refractivity contribution in [3.8, 4) is 11.5 Å². The molecule has 168 valence electrons. The van der Waals surface area contributed by atoms with Crippen LogP contribution in [-0.4, -0.2) is 35.4 Å². The van der Waals surface area contributed by atoms with Crippen LogP contribution in [0.15, 0.2) is 6.07 Å². The van der Waals surface area contributed by atoms with Crippen LogP contribution in [0, 0.1) is 22.7 Å². The molecule has 1 aromatic carbocycles. The first-order valence-electron chi connectivity index (χ1n) is 11.2. The van der Waals surface area contributed by atoms with Crippen LogP contribution >= 0.6 is 0 Å². The number of fused-ring (bicyclic) bond motifs is 3. The van der Waals surface area contributed by atoms with Gasteiger partial charge >= 0.3 is 5.97 Å². The molecule has 0 bridgehead atoms. The first kappa shape index (κ1) is 21.8. The highest BCUT2D eigenvalue weighted by Gasteiger charge is 2.67. The lowest BCUT2D eigenvalue weighted by molar-refractivity contribution is -0.218. The molecule has 0 unspecified atom stereocenters. The molecule has 0 amide bonds. The minimum absolute atomic E-state index is 0.00496. The van der Waals surface area contributed by atoms with Gasteiger partial charge in [-0.3, -0.25) is 14.4 Å². The van der Waals surface area contributed by atoms with E-state index < -0.39 is 5.60 Å². The highest BCUT2D eigenvalue weighted by atomic mass is 16.5. The minimum Gasteiger partial charge on any atom is -0.508 e. The number of phenolic OH excluding ortho intramolecular Hbond substituents is 1. The molecule has 2 fully saturated rings. The van der Waals surface area contributed by atoms with Gasteiger partial charge in [-0.1, -0.05) is 27.7 Å². The van der Waals surface area contributed by atoms with Crippen LogP contribution in [-0.2, 0) is 16.0 Å². The molecule has 6 nitrogen and oxygen atoms in total. The average molecular weight is 429 g/mol. The molecule has 1 aliphatic heterocycles. The lowest BCUT2D eigenvalue weighted by Crippen LogP contribution is -2.67. The molecule has 2 aliphatic carbocycles. The van der Waals surface area contributed by atoms with E-state index in [-0.39, 0.29) is 51.6 Å². The van der Waals surface area contributed by atoms with Crippen molar-refractivity contribution >= 4 is 18.5 Å². The van der Waals surface area contributed by atoms with Crippen LogP contribution in [0.4, 0.5) is 0 Å². The van der Waals surface area contributed by atoms with E-state index in [1.54, 1.807) is 0 Å². The number of esters is 1. The summed E-state index contributed by atoms with van der Waals surface area (Å²) in [6, 6.07) is 1.37. The third-order valence-corrected chi connectivity index (χ3v) is 8.78. The fraction of sp³-hybridized carbons (Fsp3) is 0.640. The van der Waals surface area contributed by atoms with Crippen molar-refractivity contribution in [1.82, 2.24) is 0 Å². The Morgan fingerprint density at radius 1 is 1.19 bits per heavy atom. The van der Waals surface area contributed by atoms with Gasteiger partial charge in [-0.2, -0.15) is 0 Å². The first-order chi connectivity index (χ1) is 14.5. The van der Waals surface area contributed by atoms with E-state index in [1.165, 1.54) is 13.0 Å². The number of benzene rings is 1. The second kappa shape index (κ2) is 7.07. The number of hydrogen-bond donors (Lipinski definition) is 1. The molecule has 1 N–H and O–H groups in total. The predicted octanol–water partition coefficient (Wildman–Crippen LogP) is 4.50. The number of phenols is 1. The molecule has 6 heteroatoms. The van der Waals surface area contributed by atoms with E-state index in [0.29, 0.717) is 30.3 Å². The van der Waals surface area contributed by atoms with Crippen LogP contribution in [0.2, 0.25) is 0 Å². The summed E-state index contributed by atoms with van der Waals surface area (Å²) < 4.78 is 12.4. The second-order valence-electron chi connectivity index (χ2n) is 10.5. The monoisotopic (exact) mass is 428 g/mol. The van der Waals surface area contributed by atoms with Gasteiger partial charge in [0, 0.05) is 35.3 Å². The molecule has 0 aromatic heterocycles. The Labute approximate surface area is 183 Å². The summed E-state index contributed by atoms with van der Waals surface area (Å²) in [7, 11) is 0. The quantitative estimate of drug-likeness (QED) is 0.563. The van der Waals surface area contributed by atoms with Crippen LogP contribution in [0.3, 0.4) is 0 Å². The summed E-state index contributed by atoms with van der Waals surface area (Å²) >= 11 is 0. The number of hydrogen-bond acceptors (Lipinski definition) is 6. The van der Waals surface area contributed by atoms with Crippen molar-refractivity contribution in [2.75, 3.05) is 0 Å². The molecule has 1 heterocycles. The van der Waals surface area contributed by atoms with Gasteiger partial charge in [0.05, 0.1) is 5.56 Å². The maximum Gasteiger partial charge on any atom is 0.302 e. The number of aldehydes is 2. The molecule has 0 saturated heterocycles. The smallest absolute Gasteiger partial charge is 0.302 e. The molecule has 4 rings (SSSR count). The van der Waals surface area contributed by atoms with Crippen LogP contribution in [0.1, 0.15) is 86.6 Å². The van der Waals surface area contributed by atoms with E-state index in [4.69, 9.17) is 9.47 Å². The van der Waals surface area contributed by atoms with Gasteiger partial charge in [0.2, 0.25) is 0 Å². The van der Waals surface area contributed by atoms with Gasteiger partial charge in [0.15, 0.2) is 12.6 Å². The van der Waals surface area contributed by atoms with E-state index in [1.807, 2.05) is 0 Å². The van der Waals surface area contributed by atoms with Crippen LogP contribution < -0.4 is 4.74 Å². The Morgan fingerprint density at radius 3 is 2.52 bits per heavy atom. The summed E-state index contributed by atoms with van der Waals surface area (Å²) in [6.07, 6.45) is 5.05. The predicted molar refractivity (Wildman–Crippen MR) is 115 cm³/mol. The van der Waals surface area contributed by atoms with Gasteiger partial charge < -0.3 is 14.6 Å². The van der Waals surface area contributed by atoms with E-state index in [9.17, 15) is 19.5 Å². The third kappa shape index (κ3) is 2.86. The van der Waals surface area contributed by atoms with Crippen molar-refractivity contribution in [2.45, 2.75) is 78.4 Å². The van der Waals surface area contributed by atoms with Crippen molar-refractivity contribution in [3.05, 3.63) is 22.8 Å². The summed E-state index contributed by atoms with van der Waals surface area (Å²) in [5.41, 5.74) is -0.127. The lowest BCUT2D eigenvalue weighted by Gasteiger charge is -2.64. The fourth-order valence-electron chi connectivity index (χ4n) is 7.15. The zero-order valence-electron chi connectivity index (χ0n) is 19.0. The second-order valence-corrected chi connectivity index (χ2v) is 10.5. The molecular weight excluding hydrogens is 396 g/mol. The third-order valence-electron chi connectivity index (χ3n) is 8.78. The standard InChI is InChI=1S/C25H32O6/c1-14-6-7-20-23(3,4)21(30-15(2)28)8-9-24(20,5)25(14)11-17-19(29)10-16(12-26)18(13-27)22(17)31-25/h10,12-14,20-21,29H,6-9,11H2,1-5H3/t14-,20+,21-,24+,25-/m1/s1.